The van der Waals surface area contributed by atoms with Crippen LogP contribution in [0.3, 0.4) is 0 Å². The Morgan fingerprint density at radius 2 is 1.88 bits per heavy atom. The number of benzene rings is 3. The number of para-hydroxylation sites is 1. The Hall–Kier alpha value is -3.77. The summed E-state index contributed by atoms with van der Waals surface area (Å²) in [6.45, 7) is 1.80. The molecule has 0 unspecified atom stereocenters. The van der Waals surface area contributed by atoms with E-state index in [9.17, 15) is 9.59 Å². The maximum Gasteiger partial charge on any atom is 0.262 e. The van der Waals surface area contributed by atoms with Crippen LogP contribution in [0.1, 0.15) is 12.5 Å². The number of aryl methyl sites for hydroxylation is 1. The first-order valence-electron chi connectivity index (χ1n) is 10.0. The number of carbonyl (C=O) groups excluding carboxylic acids is 1. The predicted molar refractivity (Wildman–Crippen MR) is 124 cm³/mol. The maximum absolute atomic E-state index is 12.8. The lowest BCUT2D eigenvalue weighted by Gasteiger charge is -2.10. The van der Waals surface area contributed by atoms with Gasteiger partial charge >= 0.3 is 0 Å². The van der Waals surface area contributed by atoms with E-state index >= 15 is 0 Å². The Morgan fingerprint density at radius 3 is 2.69 bits per heavy atom. The van der Waals surface area contributed by atoms with Crippen LogP contribution in [-0.4, -0.2) is 12.5 Å². The molecule has 4 aromatic rings. The Balaban J connectivity index is 1.47. The van der Waals surface area contributed by atoms with E-state index < -0.39 is 0 Å². The number of nitrogens with one attached hydrogen (secondary N) is 1. The summed E-state index contributed by atoms with van der Waals surface area (Å²) in [6.07, 6.45) is 2.06. The van der Waals surface area contributed by atoms with Crippen LogP contribution in [0.4, 0.5) is 5.69 Å². The molecule has 0 bridgehead atoms. The van der Waals surface area contributed by atoms with E-state index in [0.29, 0.717) is 33.2 Å². The van der Waals surface area contributed by atoms with Crippen LogP contribution < -0.4 is 20.2 Å². The lowest BCUT2D eigenvalue weighted by Crippen LogP contribution is -2.20. The van der Waals surface area contributed by atoms with E-state index in [1.54, 1.807) is 42.5 Å². The van der Waals surface area contributed by atoms with Gasteiger partial charge in [-0.15, -0.1) is 0 Å². The van der Waals surface area contributed by atoms with Crippen molar-refractivity contribution in [3.8, 4) is 17.2 Å². The van der Waals surface area contributed by atoms with Crippen molar-refractivity contribution in [1.82, 2.24) is 0 Å². The summed E-state index contributed by atoms with van der Waals surface area (Å²) < 4.78 is 17.0. The number of halogens is 1. The van der Waals surface area contributed by atoms with Gasteiger partial charge in [0.2, 0.25) is 11.2 Å². The first kappa shape index (κ1) is 21.5. The average molecular weight is 450 g/mol. The molecule has 3 aromatic carbocycles. The molecule has 0 fully saturated rings. The summed E-state index contributed by atoms with van der Waals surface area (Å²) in [4.78, 5) is 25.0. The third kappa shape index (κ3) is 4.92. The molecule has 4 rings (SSSR count). The SMILES string of the molecule is CCc1ccccc1Oc1coc2cc(OCC(=O)Nc3cccc(Cl)c3)ccc2c1=O. The second-order valence-corrected chi connectivity index (χ2v) is 7.43. The summed E-state index contributed by atoms with van der Waals surface area (Å²) in [7, 11) is 0. The molecular formula is C25H20ClNO5. The molecule has 0 radical (unpaired) electrons. The first-order chi connectivity index (χ1) is 15.5. The Bertz CT molecular complexity index is 1330. The van der Waals surface area contributed by atoms with Crippen molar-refractivity contribution in [3.05, 3.63) is 93.8 Å². The van der Waals surface area contributed by atoms with Crippen LogP contribution in [0.15, 0.2) is 82.2 Å². The lowest BCUT2D eigenvalue weighted by atomic mass is 10.1. The van der Waals surface area contributed by atoms with Gasteiger partial charge in [-0.05, 0) is 48.4 Å². The highest BCUT2D eigenvalue weighted by atomic mass is 35.5. The molecule has 0 aliphatic carbocycles. The standard InChI is InChI=1S/C25H20ClNO5/c1-2-16-6-3-4-9-21(16)32-23-14-31-22-13-19(10-11-20(22)25(23)29)30-15-24(28)27-18-8-5-7-17(26)12-18/h3-14H,2,15H2,1H3,(H,27,28). The normalized spacial score (nSPS) is 10.7. The third-order valence-corrected chi connectivity index (χ3v) is 5.00. The van der Waals surface area contributed by atoms with E-state index in [2.05, 4.69) is 5.32 Å². The zero-order chi connectivity index (χ0) is 22.5. The van der Waals surface area contributed by atoms with E-state index in [1.165, 1.54) is 6.26 Å². The molecule has 1 aromatic heterocycles. The maximum atomic E-state index is 12.8. The van der Waals surface area contributed by atoms with Crippen molar-refractivity contribution in [1.29, 1.82) is 0 Å². The first-order valence-corrected chi connectivity index (χ1v) is 10.4. The van der Waals surface area contributed by atoms with Gasteiger partial charge < -0.3 is 19.2 Å². The second-order valence-electron chi connectivity index (χ2n) is 7.00. The van der Waals surface area contributed by atoms with E-state index in [1.807, 2.05) is 31.2 Å². The van der Waals surface area contributed by atoms with Gasteiger partial charge in [0.15, 0.2) is 6.61 Å². The summed E-state index contributed by atoms with van der Waals surface area (Å²) in [5.74, 6) is 0.777. The van der Waals surface area contributed by atoms with Gasteiger partial charge in [-0.2, -0.15) is 0 Å². The molecule has 6 nitrogen and oxygen atoms in total. The van der Waals surface area contributed by atoms with Gasteiger partial charge in [0.05, 0.1) is 5.39 Å². The molecule has 0 aliphatic heterocycles. The van der Waals surface area contributed by atoms with Crippen molar-refractivity contribution in [2.75, 3.05) is 11.9 Å². The zero-order valence-electron chi connectivity index (χ0n) is 17.3. The molecule has 32 heavy (non-hydrogen) atoms. The van der Waals surface area contributed by atoms with Crippen LogP contribution in [0, 0.1) is 0 Å². The quantitative estimate of drug-likeness (QED) is 0.384. The van der Waals surface area contributed by atoms with Crippen molar-refractivity contribution in [3.63, 3.8) is 0 Å². The fourth-order valence-electron chi connectivity index (χ4n) is 3.18. The van der Waals surface area contributed by atoms with E-state index in [-0.39, 0.29) is 23.7 Å². The number of ether oxygens (including phenoxy) is 2. The van der Waals surface area contributed by atoms with Gasteiger partial charge in [-0.3, -0.25) is 9.59 Å². The van der Waals surface area contributed by atoms with Crippen molar-refractivity contribution in [2.24, 2.45) is 0 Å². The summed E-state index contributed by atoms with van der Waals surface area (Å²) in [5.41, 5.74) is 1.61. The van der Waals surface area contributed by atoms with Gasteiger partial charge in [0.1, 0.15) is 23.3 Å². The molecule has 0 saturated heterocycles. The molecule has 0 saturated carbocycles. The van der Waals surface area contributed by atoms with Crippen LogP contribution in [0.25, 0.3) is 11.0 Å². The minimum atomic E-state index is -0.341. The molecule has 1 heterocycles. The topological polar surface area (TPSA) is 77.8 Å². The number of hydrogen-bond acceptors (Lipinski definition) is 5. The van der Waals surface area contributed by atoms with Gasteiger partial charge in [0, 0.05) is 16.8 Å². The number of fused-ring (bicyclic) bond motifs is 1. The highest BCUT2D eigenvalue weighted by Gasteiger charge is 2.12. The Labute approximate surface area is 189 Å². The molecule has 0 aliphatic rings. The van der Waals surface area contributed by atoms with Crippen molar-refractivity contribution >= 4 is 34.2 Å². The van der Waals surface area contributed by atoms with Crippen LogP contribution in [0.5, 0.6) is 17.2 Å². The van der Waals surface area contributed by atoms with Crippen molar-refractivity contribution in [2.45, 2.75) is 13.3 Å². The predicted octanol–water partition coefficient (Wildman–Crippen LogP) is 5.82. The second kappa shape index (κ2) is 9.58. The Morgan fingerprint density at radius 1 is 1.03 bits per heavy atom. The fourth-order valence-corrected chi connectivity index (χ4v) is 3.37. The summed E-state index contributed by atoms with van der Waals surface area (Å²) in [5, 5.41) is 3.58. The summed E-state index contributed by atoms with van der Waals surface area (Å²) >= 11 is 5.91. The monoisotopic (exact) mass is 449 g/mol. The van der Waals surface area contributed by atoms with Crippen LogP contribution >= 0.6 is 11.6 Å². The highest BCUT2D eigenvalue weighted by Crippen LogP contribution is 2.26. The minimum absolute atomic E-state index is 0.105. The fraction of sp³-hybridized carbons (Fsp3) is 0.120. The number of anilines is 1. The Kier molecular flexibility index (Phi) is 6.42. The van der Waals surface area contributed by atoms with Gasteiger partial charge in [-0.1, -0.05) is 42.8 Å². The molecule has 0 atom stereocenters. The van der Waals surface area contributed by atoms with Gasteiger partial charge in [-0.25, -0.2) is 0 Å². The summed E-state index contributed by atoms with van der Waals surface area (Å²) in [6, 6.07) is 19.1. The molecule has 0 spiro atoms. The molecular weight excluding hydrogens is 430 g/mol. The van der Waals surface area contributed by atoms with E-state index in [0.717, 1.165) is 12.0 Å². The van der Waals surface area contributed by atoms with Crippen LogP contribution in [-0.2, 0) is 11.2 Å². The van der Waals surface area contributed by atoms with Crippen LogP contribution in [0.2, 0.25) is 5.02 Å². The largest absolute Gasteiger partial charge is 0.484 e. The average Bonchev–Trinajstić information content (AvgIpc) is 2.80. The lowest BCUT2D eigenvalue weighted by molar-refractivity contribution is -0.118. The molecule has 1 N–H and O–H groups in total. The number of rotatable bonds is 7. The zero-order valence-corrected chi connectivity index (χ0v) is 18.0. The highest BCUT2D eigenvalue weighted by molar-refractivity contribution is 6.30. The number of hydrogen-bond donors (Lipinski definition) is 1. The number of carbonyl (C=O) groups is 1. The minimum Gasteiger partial charge on any atom is -0.484 e. The number of amides is 1. The van der Waals surface area contributed by atoms with E-state index in [4.69, 9.17) is 25.5 Å². The van der Waals surface area contributed by atoms with Crippen molar-refractivity contribution < 1.29 is 18.7 Å². The van der Waals surface area contributed by atoms with Gasteiger partial charge in [0.25, 0.3) is 5.91 Å². The molecule has 162 valence electrons. The molecule has 7 heteroatoms. The molecule has 1 amide bonds. The smallest absolute Gasteiger partial charge is 0.262 e. The third-order valence-electron chi connectivity index (χ3n) is 4.77.